The predicted molar refractivity (Wildman–Crippen MR) is 128 cm³/mol. The Labute approximate surface area is 192 Å². The number of hydrogen-bond donors (Lipinski definition) is 2. The molecule has 0 aliphatic carbocycles. The Kier molecular flexibility index (Phi) is 9.67. The Bertz CT molecular complexity index is 744. The largest absolute Gasteiger partial charge is 0.354 e. The number of nitrogens with one attached hydrogen (secondary N) is 2. The average molecular weight is 561 g/mol. The summed E-state index contributed by atoms with van der Waals surface area (Å²) in [4.78, 5) is 6.80. The molecule has 2 N–H and O–H groups in total. The van der Waals surface area contributed by atoms with Crippen LogP contribution < -0.4 is 10.6 Å². The van der Waals surface area contributed by atoms with Gasteiger partial charge in [0.1, 0.15) is 5.82 Å². The third-order valence-corrected chi connectivity index (χ3v) is 5.24. The first-order valence-electron chi connectivity index (χ1n) is 9.31. The van der Waals surface area contributed by atoms with Gasteiger partial charge in [0, 0.05) is 43.7 Å². The van der Waals surface area contributed by atoms with Crippen LogP contribution in [0.25, 0.3) is 0 Å². The molecular formula is C21H27BrFIN4. The maximum Gasteiger partial charge on any atom is 0.191 e. The van der Waals surface area contributed by atoms with Crippen LogP contribution >= 0.6 is 39.9 Å². The van der Waals surface area contributed by atoms with Gasteiger partial charge in [-0.05, 0) is 42.2 Å². The highest BCUT2D eigenvalue weighted by molar-refractivity contribution is 14.0. The number of nitrogens with zero attached hydrogens (tertiary/aromatic N) is 2. The quantitative estimate of drug-likeness (QED) is 0.320. The zero-order chi connectivity index (χ0) is 19.1. The summed E-state index contributed by atoms with van der Waals surface area (Å²) >= 11 is 3.33. The lowest BCUT2D eigenvalue weighted by Gasteiger charge is -2.33. The number of benzene rings is 2. The van der Waals surface area contributed by atoms with Crippen molar-refractivity contribution in [3.8, 4) is 0 Å². The summed E-state index contributed by atoms with van der Waals surface area (Å²) in [7, 11) is 1.77. The van der Waals surface area contributed by atoms with E-state index in [1.807, 2.05) is 6.07 Å². The van der Waals surface area contributed by atoms with Crippen LogP contribution in [-0.2, 0) is 13.1 Å². The minimum atomic E-state index is -0.241. The molecule has 3 rings (SSSR count). The molecule has 1 saturated heterocycles. The molecule has 2 aromatic carbocycles. The third kappa shape index (κ3) is 7.33. The van der Waals surface area contributed by atoms with E-state index in [9.17, 15) is 4.39 Å². The fraction of sp³-hybridized carbons (Fsp3) is 0.381. The van der Waals surface area contributed by atoms with E-state index >= 15 is 0 Å². The number of piperidine rings is 1. The number of guanidine groups is 1. The molecule has 1 aliphatic heterocycles. The molecule has 0 amide bonds. The molecule has 1 heterocycles. The zero-order valence-corrected chi connectivity index (χ0v) is 19.9. The van der Waals surface area contributed by atoms with Gasteiger partial charge >= 0.3 is 0 Å². The summed E-state index contributed by atoms with van der Waals surface area (Å²) in [6.07, 6.45) is 2.16. The minimum absolute atomic E-state index is 0. The van der Waals surface area contributed by atoms with Gasteiger partial charge < -0.3 is 10.6 Å². The topological polar surface area (TPSA) is 39.7 Å². The zero-order valence-electron chi connectivity index (χ0n) is 16.0. The molecule has 152 valence electrons. The Morgan fingerprint density at radius 2 is 1.86 bits per heavy atom. The Balaban J connectivity index is 0.00000280. The number of rotatable bonds is 5. The molecule has 0 spiro atoms. The van der Waals surface area contributed by atoms with E-state index in [-0.39, 0.29) is 29.8 Å². The summed E-state index contributed by atoms with van der Waals surface area (Å²) in [6.45, 7) is 3.68. The molecule has 0 bridgehead atoms. The van der Waals surface area contributed by atoms with Gasteiger partial charge in [-0.3, -0.25) is 9.89 Å². The number of likely N-dealkylation sites (tertiary alicyclic amines) is 1. The van der Waals surface area contributed by atoms with E-state index in [1.165, 1.54) is 17.7 Å². The molecular weight excluding hydrogens is 534 g/mol. The van der Waals surface area contributed by atoms with Gasteiger partial charge in [-0.1, -0.05) is 46.3 Å². The molecule has 1 aliphatic rings. The van der Waals surface area contributed by atoms with Crippen molar-refractivity contribution in [3.05, 3.63) is 69.9 Å². The summed E-state index contributed by atoms with van der Waals surface area (Å²) in [5, 5.41) is 6.77. The van der Waals surface area contributed by atoms with Gasteiger partial charge in [0.05, 0.1) is 0 Å². The van der Waals surface area contributed by atoms with Gasteiger partial charge in [0.2, 0.25) is 0 Å². The summed E-state index contributed by atoms with van der Waals surface area (Å²) in [5.74, 6) is 0.520. The van der Waals surface area contributed by atoms with E-state index < -0.39 is 0 Å². The number of aliphatic imine (C=N–C) groups is 1. The summed E-state index contributed by atoms with van der Waals surface area (Å²) in [6, 6.07) is 15.9. The molecule has 0 saturated carbocycles. The van der Waals surface area contributed by atoms with Gasteiger partial charge in [0.25, 0.3) is 0 Å². The lowest BCUT2D eigenvalue weighted by molar-refractivity contribution is 0.198. The normalized spacial score (nSPS) is 15.8. The smallest absolute Gasteiger partial charge is 0.191 e. The van der Waals surface area contributed by atoms with Crippen LogP contribution in [0.15, 0.2) is 58.0 Å². The van der Waals surface area contributed by atoms with Crippen molar-refractivity contribution in [2.75, 3.05) is 20.1 Å². The standard InChI is InChI=1S/C21H26BrFN4.HI/c1-24-21(25-14-17-11-18(22)13-19(23)12-17)26-20-7-9-27(10-8-20)15-16-5-3-2-4-6-16;/h2-6,11-13,20H,7-10,14-15H2,1H3,(H2,24,25,26);1H. The molecule has 0 radical (unpaired) electrons. The summed E-state index contributed by atoms with van der Waals surface area (Å²) < 4.78 is 14.2. The van der Waals surface area contributed by atoms with Gasteiger partial charge in [-0.2, -0.15) is 0 Å². The van der Waals surface area contributed by atoms with Crippen molar-refractivity contribution in [3.63, 3.8) is 0 Å². The number of halogens is 3. The highest BCUT2D eigenvalue weighted by Gasteiger charge is 2.20. The second-order valence-corrected chi connectivity index (χ2v) is 7.80. The van der Waals surface area contributed by atoms with E-state index in [4.69, 9.17) is 0 Å². The van der Waals surface area contributed by atoms with Crippen LogP contribution in [0.2, 0.25) is 0 Å². The lowest BCUT2D eigenvalue weighted by atomic mass is 10.0. The Morgan fingerprint density at radius 1 is 1.14 bits per heavy atom. The van der Waals surface area contributed by atoms with Crippen molar-refractivity contribution < 1.29 is 4.39 Å². The fourth-order valence-electron chi connectivity index (χ4n) is 3.36. The average Bonchev–Trinajstić information content (AvgIpc) is 2.66. The molecule has 0 atom stereocenters. The van der Waals surface area contributed by atoms with Gasteiger partial charge in [-0.15, -0.1) is 24.0 Å². The SMILES string of the molecule is CN=C(NCc1cc(F)cc(Br)c1)NC1CCN(Cc2ccccc2)CC1.I. The Morgan fingerprint density at radius 3 is 2.50 bits per heavy atom. The highest BCUT2D eigenvalue weighted by atomic mass is 127. The van der Waals surface area contributed by atoms with Gasteiger partial charge in [0.15, 0.2) is 5.96 Å². The molecule has 0 unspecified atom stereocenters. The van der Waals surface area contributed by atoms with E-state index in [0.717, 1.165) is 48.5 Å². The third-order valence-electron chi connectivity index (χ3n) is 4.78. The van der Waals surface area contributed by atoms with Crippen LogP contribution in [0.1, 0.15) is 24.0 Å². The van der Waals surface area contributed by atoms with Gasteiger partial charge in [-0.25, -0.2) is 4.39 Å². The van der Waals surface area contributed by atoms with Crippen LogP contribution in [0.5, 0.6) is 0 Å². The van der Waals surface area contributed by atoms with E-state index in [0.29, 0.717) is 12.6 Å². The molecule has 4 nitrogen and oxygen atoms in total. The van der Waals surface area contributed by atoms with Crippen molar-refractivity contribution in [2.45, 2.75) is 32.0 Å². The predicted octanol–water partition coefficient (Wildman–Crippen LogP) is 4.54. The Hall–Kier alpha value is -1.19. The molecule has 2 aromatic rings. The van der Waals surface area contributed by atoms with Crippen molar-refractivity contribution in [1.82, 2.24) is 15.5 Å². The van der Waals surface area contributed by atoms with Crippen LogP contribution in [0.3, 0.4) is 0 Å². The van der Waals surface area contributed by atoms with E-state index in [1.54, 1.807) is 7.05 Å². The summed E-state index contributed by atoms with van der Waals surface area (Å²) in [5.41, 5.74) is 2.24. The second-order valence-electron chi connectivity index (χ2n) is 6.88. The molecule has 7 heteroatoms. The van der Waals surface area contributed by atoms with Crippen molar-refractivity contribution in [2.24, 2.45) is 4.99 Å². The maximum atomic E-state index is 13.5. The first kappa shape index (κ1) is 23.1. The molecule has 0 aromatic heterocycles. The van der Waals surface area contributed by atoms with Crippen LogP contribution in [-0.4, -0.2) is 37.0 Å². The van der Waals surface area contributed by atoms with Crippen LogP contribution in [0.4, 0.5) is 4.39 Å². The van der Waals surface area contributed by atoms with Crippen molar-refractivity contribution >= 4 is 45.9 Å². The second kappa shape index (κ2) is 11.7. The van der Waals surface area contributed by atoms with E-state index in [2.05, 4.69) is 66.8 Å². The first-order valence-corrected chi connectivity index (χ1v) is 10.1. The monoisotopic (exact) mass is 560 g/mol. The fourth-order valence-corrected chi connectivity index (χ4v) is 3.88. The highest BCUT2D eigenvalue weighted by Crippen LogP contribution is 2.15. The lowest BCUT2D eigenvalue weighted by Crippen LogP contribution is -2.48. The molecule has 28 heavy (non-hydrogen) atoms. The minimum Gasteiger partial charge on any atom is -0.354 e. The van der Waals surface area contributed by atoms with Crippen molar-refractivity contribution in [1.29, 1.82) is 0 Å². The first-order chi connectivity index (χ1) is 13.1. The number of hydrogen-bond acceptors (Lipinski definition) is 2. The molecule has 1 fully saturated rings. The maximum absolute atomic E-state index is 13.5. The van der Waals surface area contributed by atoms with Crippen LogP contribution in [0, 0.1) is 5.82 Å².